The van der Waals surface area contributed by atoms with Crippen LogP contribution in [-0.4, -0.2) is 99.8 Å². The van der Waals surface area contributed by atoms with Crippen molar-refractivity contribution in [3.63, 3.8) is 0 Å². The lowest BCUT2D eigenvalue weighted by molar-refractivity contribution is 0.0243. The van der Waals surface area contributed by atoms with E-state index in [0.717, 1.165) is 61.7 Å². The Bertz CT molecular complexity index is 1300. The van der Waals surface area contributed by atoms with Gasteiger partial charge >= 0.3 is 12.2 Å². The third-order valence-corrected chi connectivity index (χ3v) is 9.12. The summed E-state index contributed by atoms with van der Waals surface area (Å²) in [4.78, 5) is 33.9. The van der Waals surface area contributed by atoms with Gasteiger partial charge in [-0.05, 0) is 64.2 Å². The fourth-order valence-electron chi connectivity index (χ4n) is 6.92. The maximum Gasteiger partial charge on any atom is 0.410 e. The Hall–Kier alpha value is -3.28. The first-order valence-electron chi connectivity index (χ1n) is 16.0. The van der Waals surface area contributed by atoms with Gasteiger partial charge in [-0.1, -0.05) is 13.8 Å². The van der Waals surface area contributed by atoms with E-state index >= 15 is 0 Å². The summed E-state index contributed by atoms with van der Waals surface area (Å²) in [5.74, 6) is 2.98. The second kappa shape index (κ2) is 12.0. The van der Waals surface area contributed by atoms with Crippen LogP contribution >= 0.6 is 0 Å². The molecule has 1 aliphatic carbocycles. The molecule has 3 atom stereocenters. The highest BCUT2D eigenvalue weighted by atomic mass is 16.6. The first kappa shape index (κ1) is 29.8. The van der Waals surface area contributed by atoms with E-state index in [1.54, 1.807) is 4.90 Å². The lowest BCUT2D eigenvalue weighted by Gasteiger charge is -2.25. The van der Waals surface area contributed by atoms with Gasteiger partial charge in [0.05, 0.1) is 12.7 Å². The lowest BCUT2D eigenvalue weighted by Crippen LogP contribution is -2.38. The van der Waals surface area contributed by atoms with Crippen molar-refractivity contribution >= 4 is 29.5 Å². The monoisotopic (exact) mass is 597 g/mol. The van der Waals surface area contributed by atoms with Crippen LogP contribution in [-0.2, 0) is 14.2 Å². The Morgan fingerprint density at radius 1 is 0.977 bits per heavy atom. The molecule has 12 heteroatoms. The number of fused-ring (bicyclic) bond motifs is 2. The van der Waals surface area contributed by atoms with Crippen molar-refractivity contribution in [1.82, 2.24) is 24.4 Å². The van der Waals surface area contributed by atoms with E-state index in [2.05, 4.69) is 30.5 Å². The lowest BCUT2D eigenvalue weighted by atomic mass is 10.0. The molecule has 0 bridgehead atoms. The molecule has 3 aliphatic heterocycles. The molecule has 12 nitrogen and oxygen atoms in total. The molecule has 3 saturated heterocycles. The van der Waals surface area contributed by atoms with Gasteiger partial charge in [0.1, 0.15) is 23.3 Å². The summed E-state index contributed by atoms with van der Waals surface area (Å²) in [5.41, 5.74) is 1.47. The summed E-state index contributed by atoms with van der Waals surface area (Å²) in [6, 6.07) is 2.72. The van der Waals surface area contributed by atoms with E-state index in [1.165, 1.54) is 0 Å². The van der Waals surface area contributed by atoms with Crippen LogP contribution in [0.15, 0.2) is 12.3 Å². The average Bonchev–Trinajstić information content (AvgIpc) is 3.71. The summed E-state index contributed by atoms with van der Waals surface area (Å²) < 4.78 is 18.8. The zero-order valence-electron chi connectivity index (χ0n) is 26.2. The molecule has 2 aromatic rings. The fourth-order valence-corrected chi connectivity index (χ4v) is 6.92. The Balaban J connectivity index is 1.05. The molecule has 236 valence electrons. The predicted molar refractivity (Wildman–Crippen MR) is 162 cm³/mol. The summed E-state index contributed by atoms with van der Waals surface area (Å²) in [7, 11) is 0. The third-order valence-electron chi connectivity index (χ3n) is 9.12. The summed E-state index contributed by atoms with van der Waals surface area (Å²) in [6.45, 7) is 13.8. The molecule has 2 aromatic heterocycles. The minimum absolute atomic E-state index is 0.271. The SMILES string of the molecule is CC(C)c1cnn2c(NC3CC4CN(C(=O)OC5CCN(C(=O)OC(C)(C)C)C5)CC4C3)cc(NC3CCOCC3)nc12. The van der Waals surface area contributed by atoms with Crippen LogP contribution in [0.2, 0.25) is 0 Å². The van der Waals surface area contributed by atoms with Gasteiger partial charge in [-0.25, -0.2) is 14.6 Å². The first-order chi connectivity index (χ1) is 20.5. The van der Waals surface area contributed by atoms with Crippen LogP contribution in [0.1, 0.15) is 78.2 Å². The van der Waals surface area contributed by atoms with Crippen molar-refractivity contribution < 1.29 is 23.8 Å². The number of ether oxygens (including phenoxy) is 3. The van der Waals surface area contributed by atoms with Crippen molar-refractivity contribution in [2.45, 2.75) is 96.4 Å². The molecular weight excluding hydrogens is 550 g/mol. The van der Waals surface area contributed by atoms with Crippen LogP contribution < -0.4 is 10.6 Å². The number of anilines is 2. The number of amides is 2. The summed E-state index contributed by atoms with van der Waals surface area (Å²) in [6.07, 6.45) is 5.55. The molecule has 5 heterocycles. The Morgan fingerprint density at radius 3 is 2.37 bits per heavy atom. The topological polar surface area (TPSA) is 123 Å². The molecular formula is C31H47N7O5. The van der Waals surface area contributed by atoms with E-state index in [1.807, 2.05) is 36.4 Å². The second-order valence-corrected chi connectivity index (χ2v) is 14.0. The molecule has 0 spiro atoms. The van der Waals surface area contributed by atoms with Crippen LogP contribution in [0.3, 0.4) is 0 Å². The van der Waals surface area contributed by atoms with Gasteiger partial charge in [0.2, 0.25) is 0 Å². The summed E-state index contributed by atoms with van der Waals surface area (Å²) in [5, 5.41) is 12.1. The van der Waals surface area contributed by atoms with Crippen LogP contribution in [0.5, 0.6) is 0 Å². The number of nitrogens with zero attached hydrogens (tertiary/aromatic N) is 5. The molecule has 0 radical (unpaired) electrons. The van der Waals surface area contributed by atoms with Gasteiger partial charge in [-0.15, -0.1) is 0 Å². The maximum atomic E-state index is 13.0. The van der Waals surface area contributed by atoms with Gasteiger partial charge in [0.15, 0.2) is 5.65 Å². The van der Waals surface area contributed by atoms with Gasteiger partial charge in [-0.3, -0.25) is 0 Å². The quantitative estimate of drug-likeness (QED) is 0.487. The Morgan fingerprint density at radius 2 is 1.70 bits per heavy atom. The second-order valence-electron chi connectivity index (χ2n) is 14.0. The normalized spacial score (nSPS) is 26.3. The third kappa shape index (κ3) is 6.78. The van der Waals surface area contributed by atoms with Gasteiger partial charge in [-0.2, -0.15) is 9.61 Å². The Kier molecular flexibility index (Phi) is 8.32. The number of hydrogen-bond acceptors (Lipinski definition) is 9. The van der Waals surface area contributed by atoms with E-state index in [9.17, 15) is 9.59 Å². The Labute approximate surface area is 253 Å². The molecule has 2 amide bonds. The van der Waals surface area contributed by atoms with Gasteiger partial charge < -0.3 is 34.6 Å². The number of rotatable bonds is 6. The molecule has 3 unspecified atom stereocenters. The van der Waals surface area contributed by atoms with Crippen molar-refractivity contribution in [3.8, 4) is 0 Å². The average molecular weight is 598 g/mol. The number of nitrogens with one attached hydrogen (secondary N) is 2. The van der Waals surface area contributed by atoms with Crippen molar-refractivity contribution in [2.24, 2.45) is 11.8 Å². The summed E-state index contributed by atoms with van der Waals surface area (Å²) >= 11 is 0. The van der Waals surface area contributed by atoms with Crippen LogP contribution in [0.4, 0.5) is 21.2 Å². The van der Waals surface area contributed by atoms with Crippen molar-refractivity contribution in [1.29, 1.82) is 0 Å². The highest BCUT2D eigenvalue weighted by molar-refractivity contribution is 5.70. The highest BCUT2D eigenvalue weighted by Crippen LogP contribution is 2.40. The molecule has 4 aliphatic rings. The van der Waals surface area contributed by atoms with E-state index < -0.39 is 5.60 Å². The number of carbonyl (C=O) groups is 2. The van der Waals surface area contributed by atoms with Gasteiger partial charge in [0, 0.05) is 63.0 Å². The van der Waals surface area contributed by atoms with E-state index in [-0.39, 0.29) is 18.3 Å². The number of aromatic nitrogens is 3. The largest absolute Gasteiger partial charge is 0.444 e. The first-order valence-corrected chi connectivity index (χ1v) is 16.0. The zero-order chi connectivity index (χ0) is 30.3. The molecule has 1 saturated carbocycles. The molecule has 0 aromatic carbocycles. The van der Waals surface area contributed by atoms with Crippen LogP contribution in [0.25, 0.3) is 5.65 Å². The van der Waals surface area contributed by atoms with Crippen molar-refractivity contribution in [2.75, 3.05) is 50.0 Å². The van der Waals surface area contributed by atoms with Crippen molar-refractivity contribution in [3.05, 3.63) is 17.8 Å². The smallest absolute Gasteiger partial charge is 0.410 e. The molecule has 4 fully saturated rings. The number of likely N-dealkylation sites (tertiary alicyclic amines) is 2. The molecule has 43 heavy (non-hydrogen) atoms. The fraction of sp³-hybridized carbons (Fsp3) is 0.742. The van der Waals surface area contributed by atoms with Crippen LogP contribution in [0, 0.1) is 11.8 Å². The number of hydrogen-bond donors (Lipinski definition) is 2. The highest BCUT2D eigenvalue weighted by Gasteiger charge is 2.44. The molecule has 6 rings (SSSR count). The zero-order valence-corrected chi connectivity index (χ0v) is 26.2. The molecule has 2 N–H and O–H groups in total. The standard InChI is InChI=1S/C31H47N7O5/c1-19(2)25-15-32-38-27(14-26(35-28(25)38)33-22-7-10-41-11-8-22)34-23-12-20-16-37(17-21(20)13-23)29(39)42-24-6-9-36(18-24)30(40)43-31(3,4)5/h14-15,19-24,34H,6-13,16-18H2,1-5H3,(H,33,35). The number of carbonyl (C=O) groups excluding carboxylic acids is 2. The predicted octanol–water partition coefficient (Wildman–Crippen LogP) is 4.71. The van der Waals surface area contributed by atoms with E-state index in [0.29, 0.717) is 62.4 Å². The minimum Gasteiger partial charge on any atom is -0.444 e. The maximum absolute atomic E-state index is 13.0. The van der Waals surface area contributed by atoms with Gasteiger partial charge in [0.25, 0.3) is 0 Å². The van der Waals surface area contributed by atoms with E-state index in [4.69, 9.17) is 24.3 Å². The minimum atomic E-state index is -0.547.